The van der Waals surface area contributed by atoms with Gasteiger partial charge in [-0.05, 0) is 25.3 Å². The van der Waals surface area contributed by atoms with Gasteiger partial charge in [-0.2, -0.15) is 0 Å². The Morgan fingerprint density at radius 2 is 2.05 bits per heavy atom. The minimum Gasteiger partial charge on any atom is -0.481 e. The highest BCUT2D eigenvalue weighted by molar-refractivity contribution is 5.73. The number of allylic oxidation sites excluding steroid dienone is 4. The van der Waals surface area contributed by atoms with Gasteiger partial charge < -0.3 is 5.11 Å². The Morgan fingerprint density at radius 1 is 1.37 bits per heavy atom. The molecule has 0 radical (unpaired) electrons. The summed E-state index contributed by atoms with van der Waals surface area (Å²) in [5.41, 5.74) is 1.87. The Hall–Kier alpha value is -1.83. The Balaban J connectivity index is 2.52. The number of hydrogen-bond donors (Lipinski definition) is 1. The molecule has 2 atom stereocenters. The standard InChI is InChI=1S/C17H20O2/c1-3-15(16(18)19)17(11-9-13(2)10-12-17)14-7-5-4-6-8-14/h4-11,15H,3,12H2,1-2H3,(H,18,19). The maximum atomic E-state index is 11.6. The van der Waals surface area contributed by atoms with E-state index in [2.05, 4.69) is 12.2 Å². The molecule has 100 valence electrons. The number of aliphatic carboxylic acids is 1. The van der Waals surface area contributed by atoms with Gasteiger partial charge in [0.2, 0.25) is 0 Å². The monoisotopic (exact) mass is 256 g/mol. The van der Waals surface area contributed by atoms with Crippen LogP contribution in [0.15, 0.2) is 54.1 Å². The number of hydrogen-bond acceptors (Lipinski definition) is 1. The minimum atomic E-state index is -0.719. The molecule has 0 aromatic heterocycles. The van der Waals surface area contributed by atoms with Crippen LogP contribution in [0.3, 0.4) is 0 Å². The van der Waals surface area contributed by atoms with E-state index in [9.17, 15) is 9.90 Å². The molecule has 1 aliphatic rings. The molecule has 0 heterocycles. The molecule has 1 N–H and O–H groups in total. The molecule has 19 heavy (non-hydrogen) atoms. The second-order valence-corrected chi connectivity index (χ2v) is 5.19. The summed E-state index contributed by atoms with van der Waals surface area (Å²) in [4.78, 5) is 11.6. The molecule has 1 aromatic rings. The lowest BCUT2D eigenvalue weighted by molar-refractivity contribution is -0.143. The average Bonchev–Trinajstić information content (AvgIpc) is 2.42. The van der Waals surface area contributed by atoms with Gasteiger partial charge in [-0.1, -0.05) is 61.1 Å². The summed E-state index contributed by atoms with van der Waals surface area (Å²) in [5, 5.41) is 9.56. The third-order valence-electron chi connectivity index (χ3n) is 4.04. The van der Waals surface area contributed by atoms with Gasteiger partial charge in [-0.15, -0.1) is 0 Å². The van der Waals surface area contributed by atoms with Crippen molar-refractivity contribution < 1.29 is 9.90 Å². The van der Waals surface area contributed by atoms with E-state index in [-0.39, 0.29) is 0 Å². The summed E-state index contributed by atoms with van der Waals surface area (Å²) >= 11 is 0. The summed E-state index contributed by atoms with van der Waals surface area (Å²) in [6.45, 7) is 4.00. The fourth-order valence-electron chi connectivity index (χ4n) is 2.93. The van der Waals surface area contributed by atoms with Crippen LogP contribution >= 0.6 is 0 Å². The highest BCUT2D eigenvalue weighted by Gasteiger charge is 2.41. The van der Waals surface area contributed by atoms with E-state index in [4.69, 9.17) is 0 Å². The maximum Gasteiger partial charge on any atom is 0.307 e. The fourth-order valence-corrected chi connectivity index (χ4v) is 2.93. The zero-order valence-electron chi connectivity index (χ0n) is 11.5. The number of carboxylic acids is 1. The van der Waals surface area contributed by atoms with Crippen molar-refractivity contribution in [2.24, 2.45) is 5.92 Å². The third kappa shape index (κ3) is 2.48. The smallest absolute Gasteiger partial charge is 0.307 e. The van der Waals surface area contributed by atoms with E-state index in [1.54, 1.807) is 0 Å². The van der Waals surface area contributed by atoms with Crippen LogP contribution in [-0.4, -0.2) is 11.1 Å². The molecule has 2 unspecified atom stereocenters. The van der Waals surface area contributed by atoms with Gasteiger partial charge in [-0.25, -0.2) is 0 Å². The minimum absolute atomic E-state index is 0.393. The molecule has 1 aliphatic carbocycles. The van der Waals surface area contributed by atoms with Crippen LogP contribution in [0, 0.1) is 5.92 Å². The molecule has 1 aromatic carbocycles. The van der Waals surface area contributed by atoms with Gasteiger partial charge in [0.1, 0.15) is 0 Å². The highest BCUT2D eigenvalue weighted by atomic mass is 16.4. The van der Waals surface area contributed by atoms with Crippen LogP contribution in [0.25, 0.3) is 0 Å². The molecule has 0 bridgehead atoms. The van der Waals surface area contributed by atoms with Gasteiger partial charge in [0.05, 0.1) is 5.92 Å². The van der Waals surface area contributed by atoms with E-state index in [1.165, 1.54) is 5.57 Å². The number of carbonyl (C=O) groups is 1. The first kappa shape index (κ1) is 13.6. The van der Waals surface area contributed by atoms with E-state index in [0.29, 0.717) is 6.42 Å². The summed E-state index contributed by atoms with van der Waals surface area (Å²) < 4.78 is 0. The van der Waals surface area contributed by atoms with Gasteiger partial charge >= 0.3 is 5.97 Å². The predicted molar refractivity (Wildman–Crippen MR) is 77.1 cm³/mol. The van der Waals surface area contributed by atoms with E-state index < -0.39 is 17.3 Å². The quantitative estimate of drug-likeness (QED) is 0.886. The molecule has 2 rings (SSSR count). The van der Waals surface area contributed by atoms with E-state index in [0.717, 1.165) is 12.0 Å². The normalized spacial score (nSPS) is 23.8. The van der Waals surface area contributed by atoms with E-state index in [1.807, 2.05) is 50.3 Å². The zero-order chi connectivity index (χ0) is 13.9. The second kappa shape index (κ2) is 5.43. The Bertz CT molecular complexity index is 513. The summed E-state index contributed by atoms with van der Waals surface area (Å²) in [5.74, 6) is -1.11. The molecular weight excluding hydrogens is 236 g/mol. The van der Waals surface area contributed by atoms with E-state index >= 15 is 0 Å². The van der Waals surface area contributed by atoms with Gasteiger partial charge in [-0.3, -0.25) is 4.79 Å². The van der Waals surface area contributed by atoms with Crippen molar-refractivity contribution in [2.45, 2.75) is 32.1 Å². The lowest BCUT2D eigenvalue weighted by atomic mass is 9.65. The second-order valence-electron chi connectivity index (χ2n) is 5.19. The van der Waals surface area contributed by atoms with Crippen molar-refractivity contribution in [1.82, 2.24) is 0 Å². The van der Waals surface area contributed by atoms with Gasteiger partial charge in [0.25, 0.3) is 0 Å². The lowest BCUT2D eigenvalue weighted by Gasteiger charge is -2.37. The fraction of sp³-hybridized carbons (Fsp3) is 0.353. The van der Waals surface area contributed by atoms with Crippen molar-refractivity contribution in [3.05, 3.63) is 59.7 Å². The van der Waals surface area contributed by atoms with Crippen LogP contribution in [0.4, 0.5) is 0 Å². The highest BCUT2D eigenvalue weighted by Crippen LogP contribution is 2.42. The van der Waals surface area contributed by atoms with Crippen LogP contribution in [0.1, 0.15) is 32.3 Å². The average molecular weight is 256 g/mol. The summed E-state index contributed by atoms with van der Waals surface area (Å²) in [6.07, 6.45) is 7.65. The predicted octanol–water partition coefficient (Wildman–Crippen LogP) is 3.94. The largest absolute Gasteiger partial charge is 0.481 e. The maximum absolute atomic E-state index is 11.6. The first-order valence-corrected chi connectivity index (χ1v) is 6.74. The molecule has 0 saturated carbocycles. The summed E-state index contributed by atoms with van der Waals surface area (Å²) in [6, 6.07) is 9.98. The number of carboxylic acid groups (broad SMARTS) is 1. The van der Waals surface area contributed by atoms with Crippen LogP contribution in [-0.2, 0) is 10.2 Å². The summed E-state index contributed by atoms with van der Waals surface area (Å²) in [7, 11) is 0. The number of benzene rings is 1. The first-order valence-electron chi connectivity index (χ1n) is 6.74. The molecule has 0 amide bonds. The van der Waals surface area contributed by atoms with Crippen molar-refractivity contribution in [3.8, 4) is 0 Å². The molecular formula is C17H20O2. The molecule has 0 saturated heterocycles. The van der Waals surface area contributed by atoms with Crippen molar-refractivity contribution in [1.29, 1.82) is 0 Å². The Kier molecular flexibility index (Phi) is 3.89. The Morgan fingerprint density at radius 3 is 2.53 bits per heavy atom. The van der Waals surface area contributed by atoms with Crippen molar-refractivity contribution >= 4 is 5.97 Å². The Labute approximate surface area is 114 Å². The molecule has 0 aliphatic heterocycles. The molecule has 0 fully saturated rings. The van der Waals surface area contributed by atoms with Crippen molar-refractivity contribution in [2.75, 3.05) is 0 Å². The lowest BCUT2D eigenvalue weighted by Crippen LogP contribution is -2.38. The van der Waals surface area contributed by atoms with Gasteiger partial charge in [0, 0.05) is 5.41 Å². The van der Waals surface area contributed by atoms with Gasteiger partial charge in [0.15, 0.2) is 0 Å². The zero-order valence-corrected chi connectivity index (χ0v) is 11.5. The number of rotatable bonds is 4. The SMILES string of the molecule is CCC(C(=O)O)C1(c2ccccc2)C=CC(C)=CC1. The molecule has 0 spiro atoms. The topological polar surface area (TPSA) is 37.3 Å². The van der Waals surface area contributed by atoms with Crippen LogP contribution < -0.4 is 0 Å². The van der Waals surface area contributed by atoms with Crippen LogP contribution in [0.2, 0.25) is 0 Å². The first-order chi connectivity index (χ1) is 9.10. The molecule has 2 nitrogen and oxygen atoms in total. The molecule has 2 heteroatoms. The van der Waals surface area contributed by atoms with Crippen molar-refractivity contribution in [3.63, 3.8) is 0 Å². The van der Waals surface area contributed by atoms with Crippen LogP contribution in [0.5, 0.6) is 0 Å². The third-order valence-corrected chi connectivity index (χ3v) is 4.04.